The minimum Gasteiger partial charge on any atom is -0.313 e. The molecule has 0 amide bonds. The number of aryl methyl sites for hydroxylation is 2. The summed E-state index contributed by atoms with van der Waals surface area (Å²) in [6, 6.07) is 44.1. The maximum absolute atomic E-state index is 2.60. The van der Waals surface area contributed by atoms with Crippen LogP contribution in [0.15, 0.2) is 121 Å². The van der Waals surface area contributed by atoms with E-state index in [2.05, 4.69) is 156 Å². The quantitative estimate of drug-likeness (QED) is 0.200. The first-order valence-corrected chi connectivity index (χ1v) is 15.9. The van der Waals surface area contributed by atoms with Crippen molar-refractivity contribution in [3.63, 3.8) is 0 Å². The number of hydrogen-bond acceptors (Lipinski definition) is 1. The lowest BCUT2D eigenvalue weighted by molar-refractivity contribution is 0.666. The summed E-state index contributed by atoms with van der Waals surface area (Å²) in [5.74, 6) is 0. The van der Waals surface area contributed by atoms with E-state index in [4.69, 9.17) is 0 Å². The van der Waals surface area contributed by atoms with Gasteiger partial charge in [-0.25, -0.2) is 0 Å². The summed E-state index contributed by atoms with van der Waals surface area (Å²) in [5, 5.41) is 2.66. The predicted molar refractivity (Wildman–Crippen MR) is 186 cm³/mol. The monoisotopic (exact) mass is 571 g/mol. The van der Waals surface area contributed by atoms with E-state index in [0.717, 1.165) is 18.5 Å². The van der Waals surface area contributed by atoms with Gasteiger partial charge in [-0.1, -0.05) is 78.9 Å². The Balaban J connectivity index is 1.42. The summed E-state index contributed by atoms with van der Waals surface area (Å²) in [5.41, 5.74) is 15.5. The van der Waals surface area contributed by atoms with Crippen molar-refractivity contribution in [1.82, 2.24) is 9.13 Å². The second kappa shape index (κ2) is 10.6. The highest BCUT2D eigenvalue weighted by Gasteiger charge is 2.27. The van der Waals surface area contributed by atoms with E-state index in [0.29, 0.717) is 0 Å². The number of hydrogen-bond donors (Lipinski definition) is 0. The molecule has 0 saturated heterocycles. The molecule has 0 unspecified atom stereocenters. The maximum atomic E-state index is 2.60. The number of aromatic nitrogens is 2. The fourth-order valence-corrected chi connectivity index (χ4v) is 7.63. The highest BCUT2D eigenvalue weighted by molar-refractivity contribution is 6.02. The number of anilines is 3. The number of rotatable bonds is 5. The van der Waals surface area contributed by atoms with Crippen molar-refractivity contribution in [3.05, 3.63) is 149 Å². The van der Waals surface area contributed by atoms with Crippen LogP contribution in [0.2, 0.25) is 0 Å². The summed E-state index contributed by atoms with van der Waals surface area (Å²) < 4.78 is 5.00. The van der Waals surface area contributed by atoms with Crippen LogP contribution in [0.3, 0.4) is 0 Å². The molecule has 0 fully saturated rings. The van der Waals surface area contributed by atoms with Crippen molar-refractivity contribution in [1.29, 1.82) is 0 Å². The molecular weight excluding hydrogens is 534 g/mol. The SMILES string of the molecule is Cc1c(N(c2ccccc2)c2c(C)n(-c3ccccc3)c3ccccc23)cccc1-n1c2c(c3cccc(C)c31)CCCC2. The van der Waals surface area contributed by atoms with Gasteiger partial charge >= 0.3 is 0 Å². The molecule has 1 aliphatic carbocycles. The number of para-hydroxylation sites is 4. The zero-order valence-electron chi connectivity index (χ0n) is 25.7. The van der Waals surface area contributed by atoms with Crippen LogP contribution in [-0.2, 0) is 12.8 Å². The Morgan fingerprint density at radius 1 is 0.591 bits per heavy atom. The maximum Gasteiger partial charge on any atom is 0.0751 e. The molecule has 0 N–H and O–H groups in total. The molecule has 0 radical (unpaired) electrons. The van der Waals surface area contributed by atoms with Crippen molar-refractivity contribution in [2.45, 2.75) is 46.5 Å². The summed E-state index contributed by atoms with van der Waals surface area (Å²) in [7, 11) is 0. The van der Waals surface area contributed by atoms with Crippen molar-refractivity contribution in [3.8, 4) is 11.4 Å². The van der Waals surface area contributed by atoms with Crippen LogP contribution in [0, 0.1) is 20.8 Å². The van der Waals surface area contributed by atoms with Gasteiger partial charge in [-0.2, -0.15) is 0 Å². The van der Waals surface area contributed by atoms with E-state index in [1.165, 1.54) is 79.9 Å². The standard InChI is InChI=1S/C41H37N3/c1-28-16-14-23-34-33-21-10-12-24-38(33)44(40(28)34)37-27-15-26-36(29(37)2)43(32-19-8-5-9-20-32)41-30(3)42(31-17-6-4-7-18-31)39-25-13-11-22-35(39)41/h4-9,11,13-20,22-23,25-27H,10,12,21,24H2,1-3H3. The Morgan fingerprint density at radius 2 is 1.27 bits per heavy atom. The molecule has 0 atom stereocenters. The van der Waals surface area contributed by atoms with E-state index in [9.17, 15) is 0 Å². The molecule has 7 aromatic rings. The minimum atomic E-state index is 1.12. The molecule has 1 aliphatic rings. The van der Waals surface area contributed by atoms with Gasteiger partial charge in [0.05, 0.1) is 28.1 Å². The second-order valence-corrected chi connectivity index (χ2v) is 12.2. The Morgan fingerprint density at radius 3 is 2.09 bits per heavy atom. The van der Waals surface area contributed by atoms with E-state index in [-0.39, 0.29) is 0 Å². The van der Waals surface area contributed by atoms with Gasteiger partial charge in [0.25, 0.3) is 0 Å². The third-order valence-corrected chi connectivity index (χ3v) is 9.58. The zero-order valence-corrected chi connectivity index (χ0v) is 25.7. The average Bonchev–Trinajstić information content (AvgIpc) is 3.56. The van der Waals surface area contributed by atoms with Crippen molar-refractivity contribution >= 4 is 38.9 Å². The number of nitrogens with zero attached hydrogens (tertiary/aromatic N) is 3. The highest BCUT2D eigenvalue weighted by atomic mass is 15.2. The Kier molecular flexibility index (Phi) is 6.41. The predicted octanol–water partition coefficient (Wildman–Crippen LogP) is 10.8. The Labute approximate surface area is 259 Å². The Bertz CT molecular complexity index is 2150. The molecule has 2 heterocycles. The van der Waals surface area contributed by atoms with E-state index < -0.39 is 0 Å². The highest BCUT2D eigenvalue weighted by Crippen LogP contribution is 2.46. The van der Waals surface area contributed by atoms with E-state index in [1.807, 2.05) is 0 Å². The first-order valence-electron chi connectivity index (χ1n) is 15.9. The van der Waals surface area contributed by atoms with Gasteiger partial charge in [0.2, 0.25) is 0 Å². The third-order valence-electron chi connectivity index (χ3n) is 9.58. The van der Waals surface area contributed by atoms with Gasteiger partial charge in [-0.05, 0) is 106 Å². The van der Waals surface area contributed by atoms with Crippen LogP contribution in [0.25, 0.3) is 33.2 Å². The number of fused-ring (bicyclic) bond motifs is 4. The molecule has 44 heavy (non-hydrogen) atoms. The van der Waals surface area contributed by atoms with Gasteiger partial charge in [0, 0.05) is 33.5 Å². The van der Waals surface area contributed by atoms with Crippen LogP contribution in [0.4, 0.5) is 17.1 Å². The molecule has 0 bridgehead atoms. The van der Waals surface area contributed by atoms with Gasteiger partial charge in [0.15, 0.2) is 0 Å². The van der Waals surface area contributed by atoms with Crippen molar-refractivity contribution < 1.29 is 0 Å². The molecule has 5 aromatic carbocycles. The smallest absolute Gasteiger partial charge is 0.0751 e. The fraction of sp³-hybridized carbons (Fsp3) is 0.171. The van der Waals surface area contributed by atoms with Gasteiger partial charge in [-0.3, -0.25) is 0 Å². The Hall–Kier alpha value is -5.02. The van der Waals surface area contributed by atoms with E-state index >= 15 is 0 Å². The fourth-order valence-electron chi connectivity index (χ4n) is 7.63. The molecule has 2 aromatic heterocycles. The number of benzene rings is 5. The topological polar surface area (TPSA) is 13.1 Å². The first kappa shape index (κ1) is 26.6. The van der Waals surface area contributed by atoms with Crippen LogP contribution >= 0.6 is 0 Å². The molecule has 216 valence electrons. The average molecular weight is 572 g/mol. The normalized spacial score (nSPS) is 13.0. The van der Waals surface area contributed by atoms with Crippen molar-refractivity contribution in [2.24, 2.45) is 0 Å². The van der Waals surface area contributed by atoms with Gasteiger partial charge < -0.3 is 14.0 Å². The summed E-state index contributed by atoms with van der Waals surface area (Å²) in [4.78, 5) is 2.49. The van der Waals surface area contributed by atoms with E-state index in [1.54, 1.807) is 5.56 Å². The lowest BCUT2D eigenvalue weighted by Crippen LogP contribution is -2.15. The molecule has 0 spiro atoms. The van der Waals surface area contributed by atoms with Crippen molar-refractivity contribution in [2.75, 3.05) is 4.90 Å². The first-order chi connectivity index (χ1) is 21.6. The molecule has 3 heteroatoms. The van der Waals surface area contributed by atoms with Crippen LogP contribution in [0.1, 0.15) is 40.9 Å². The molecule has 3 nitrogen and oxygen atoms in total. The minimum absolute atomic E-state index is 1.12. The largest absolute Gasteiger partial charge is 0.313 e. The van der Waals surface area contributed by atoms with Crippen LogP contribution < -0.4 is 4.90 Å². The van der Waals surface area contributed by atoms with Gasteiger partial charge in [-0.15, -0.1) is 0 Å². The molecule has 0 aliphatic heterocycles. The van der Waals surface area contributed by atoms with Crippen LogP contribution in [-0.4, -0.2) is 9.13 Å². The van der Waals surface area contributed by atoms with Gasteiger partial charge in [0.1, 0.15) is 0 Å². The summed E-state index contributed by atoms with van der Waals surface area (Å²) in [6.07, 6.45) is 4.80. The molecule has 0 saturated carbocycles. The van der Waals surface area contributed by atoms with Crippen LogP contribution in [0.5, 0.6) is 0 Å². The lowest BCUT2D eigenvalue weighted by Gasteiger charge is -2.29. The lowest BCUT2D eigenvalue weighted by atomic mass is 9.95. The molecule has 8 rings (SSSR count). The summed E-state index contributed by atoms with van der Waals surface area (Å²) >= 11 is 0. The zero-order chi connectivity index (χ0) is 29.8. The summed E-state index contributed by atoms with van der Waals surface area (Å²) in [6.45, 7) is 6.84. The molecular formula is C41H37N3. The second-order valence-electron chi connectivity index (χ2n) is 12.2. The third kappa shape index (κ3) is 4.03.